The molecule has 0 saturated carbocycles. The summed E-state index contributed by atoms with van der Waals surface area (Å²) >= 11 is 0. The first-order chi connectivity index (χ1) is 5.20. The largest absolute Gasteiger partial charge is 0.328 e. The fourth-order valence-electron chi connectivity index (χ4n) is 1.16. The van der Waals surface area contributed by atoms with Gasteiger partial charge in [0.05, 0.1) is 0 Å². The van der Waals surface area contributed by atoms with E-state index in [4.69, 9.17) is 5.73 Å². The molecule has 2 N–H and O–H groups in total. The monoisotopic (exact) mass is 156 g/mol. The third-order valence-corrected chi connectivity index (χ3v) is 2.14. The van der Waals surface area contributed by atoms with Gasteiger partial charge in [-0.2, -0.15) is 0 Å². The predicted molar refractivity (Wildman–Crippen MR) is 51.3 cm³/mol. The average molecular weight is 156 g/mol. The highest BCUT2D eigenvalue weighted by Gasteiger charge is 2.06. The first-order valence-corrected chi connectivity index (χ1v) is 4.77. The maximum Gasteiger partial charge on any atom is 0.00442 e. The van der Waals surface area contributed by atoms with Crippen LogP contribution in [-0.2, 0) is 0 Å². The Morgan fingerprint density at radius 3 is 2.45 bits per heavy atom. The van der Waals surface area contributed by atoms with Gasteiger partial charge in [-0.1, -0.05) is 40.0 Å². The van der Waals surface area contributed by atoms with E-state index in [1.807, 2.05) is 0 Å². The molecule has 0 aromatic heterocycles. The van der Waals surface area contributed by atoms with Crippen molar-refractivity contribution in [3.05, 3.63) is 5.92 Å². The van der Waals surface area contributed by atoms with Crippen molar-refractivity contribution < 1.29 is 0 Å². The molecule has 1 nitrogen and oxygen atoms in total. The second kappa shape index (κ2) is 6.66. The minimum atomic E-state index is 0.412. The molecule has 0 aliphatic carbocycles. The van der Waals surface area contributed by atoms with Gasteiger partial charge in [0.15, 0.2) is 0 Å². The fourth-order valence-corrected chi connectivity index (χ4v) is 1.16. The third-order valence-electron chi connectivity index (χ3n) is 2.14. The van der Waals surface area contributed by atoms with E-state index < -0.39 is 0 Å². The van der Waals surface area contributed by atoms with Crippen LogP contribution in [0.3, 0.4) is 0 Å². The van der Waals surface area contributed by atoms with Gasteiger partial charge in [-0.3, -0.25) is 0 Å². The number of unbranched alkanes of at least 4 members (excludes halogenated alkanes) is 1. The molecule has 0 aliphatic heterocycles. The van der Waals surface area contributed by atoms with Gasteiger partial charge in [-0.15, -0.1) is 0 Å². The second-order valence-electron chi connectivity index (χ2n) is 3.42. The van der Waals surface area contributed by atoms with Crippen molar-refractivity contribution in [2.75, 3.05) is 0 Å². The first-order valence-electron chi connectivity index (χ1n) is 4.77. The molecule has 0 bridgehead atoms. The Labute approximate surface area is 71.4 Å². The third kappa shape index (κ3) is 6.36. The molecular formula is C10H22N. The summed E-state index contributed by atoms with van der Waals surface area (Å²) in [6, 6.07) is 0.412. The summed E-state index contributed by atoms with van der Waals surface area (Å²) in [7, 11) is 0. The van der Waals surface area contributed by atoms with Crippen molar-refractivity contribution >= 4 is 0 Å². The van der Waals surface area contributed by atoms with E-state index >= 15 is 0 Å². The van der Waals surface area contributed by atoms with E-state index in [0.29, 0.717) is 6.04 Å². The molecule has 0 aromatic rings. The van der Waals surface area contributed by atoms with Crippen molar-refractivity contribution in [3.63, 3.8) is 0 Å². The molecular weight excluding hydrogens is 134 g/mol. The number of hydrogen-bond donors (Lipinski definition) is 1. The summed E-state index contributed by atoms with van der Waals surface area (Å²) in [6.07, 6.45) is 6.03. The predicted octanol–water partition coefficient (Wildman–Crippen LogP) is 2.90. The molecule has 67 valence electrons. The molecule has 0 heterocycles. The van der Waals surface area contributed by atoms with Crippen molar-refractivity contribution in [3.8, 4) is 0 Å². The van der Waals surface area contributed by atoms with Crippen molar-refractivity contribution in [2.24, 2.45) is 5.73 Å². The first kappa shape index (κ1) is 11.0. The zero-order valence-corrected chi connectivity index (χ0v) is 8.19. The second-order valence-corrected chi connectivity index (χ2v) is 3.42. The van der Waals surface area contributed by atoms with E-state index in [0.717, 1.165) is 6.42 Å². The van der Waals surface area contributed by atoms with E-state index in [2.05, 4.69) is 20.8 Å². The topological polar surface area (TPSA) is 26.0 Å². The summed E-state index contributed by atoms with van der Waals surface area (Å²) in [6.45, 7) is 6.61. The highest BCUT2D eigenvalue weighted by molar-refractivity contribution is 4.86. The van der Waals surface area contributed by atoms with Crippen LogP contribution in [-0.4, -0.2) is 6.04 Å². The Bertz CT molecular complexity index is 80.9. The lowest BCUT2D eigenvalue weighted by molar-refractivity contribution is 0.539. The smallest absolute Gasteiger partial charge is 0.00442 e. The molecule has 0 aliphatic rings. The Morgan fingerprint density at radius 1 is 1.36 bits per heavy atom. The average Bonchev–Trinajstić information content (AvgIpc) is 2.00. The standard InChI is InChI=1S/C10H22N/c1-4-6-7-10(11)8-9(3)5-2/h10H,4-8,11H2,1-3H3. The lowest BCUT2D eigenvalue weighted by atomic mass is 9.97. The van der Waals surface area contributed by atoms with Crippen LogP contribution in [0.4, 0.5) is 0 Å². The number of rotatable bonds is 6. The molecule has 1 atom stereocenters. The SMILES string of the molecule is CCCCC(N)C[C](C)CC. The summed E-state index contributed by atoms with van der Waals surface area (Å²) < 4.78 is 0. The Morgan fingerprint density at radius 2 is 2.00 bits per heavy atom. The molecule has 0 spiro atoms. The number of nitrogens with two attached hydrogens (primary N) is 1. The van der Waals surface area contributed by atoms with Crippen LogP contribution < -0.4 is 5.73 Å². The van der Waals surface area contributed by atoms with Gasteiger partial charge in [0, 0.05) is 6.04 Å². The maximum absolute atomic E-state index is 5.92. The van der Waals surface area contributed by atoms with Gasteiger partial charge in [-0.05, 0) is 18.8 Å². The molecule has 0 amide bonds. The van der Waals surface area contributed by atoms with Crippen LogP contribution in [0.25, 0.3) is 0 Å². The quantitative estimate of drug-likeness (QED) is 0.628. The molecule has 1 radical (unpaired) electrons. The van der Waals surface area contributed by atoms with Crippen LogP contribution in [0.2, 0.25) is 0 Å². The molecule has 0 aromatic carbocycles. The van der Waals surface area contributed by atoms with Crippen LogP contribution in [0.5, 0.6) is 0 Å². The van der Waals surface area contributed by atoms with E-state index in [9.17, 15) is 0 Å². The summed E-state index contributed by atoms with van der Waals surface area (Å²) in [5.41, 5.74) is 5.92. The van der Waals surface area contributed by atoms with E-state index in [1.165, 1.54) is 31.6 Å². The van der Waals surface area contributed by atoms with Crippen LogP contribution >= 0.6 is 0 Å². The van der Waals surface area contributed by atoms with Crippen LogP contribution in [0.1, 0.15) is 52.9 Å². The summed E-state index contributed by atoms with van der Waals surface area (Å²) in [5.74, 6) is 1.54. The minimum Gasteiger partial charge on any atom is -0.328 e. The van der Waals surface area contributed by atoms with Gasteiger partial charge in [0.2, 0.25) is 0 Å². The lowest BCUT2D eigenvalue weighted by Gasteiger charge is -2.14. The molecule has 1 unspecified atom stereocenters. The highest BCUT2D eigenvalue weighted by Crippen LogP contribution is 2.14. The van der Waals surface area contributed by atoms with Gasteiger partial charge >= 0.3 is 0 Å². The van der Waals surface area contributed by atoms with Crippen molar-refractivity contribution in [1.82, 2.24) is 0 Å². The molecule has 0 rings (SSSR count). The van der Waals surface area contributed by atoms with Gasteiger partial charge in [-0.25, -0.2) is 0 Å². The van der Waals surface area contributed by atoms with Crippen LogP contribution in [0.15, 0.2) is 0 Å². The highest BCUT2D eigenvalue weighted by atomic mass is 14.6. The zero-order chi connectivity index (χ0) is 8.69. The summed E-state index contributed by atoms with van der Waals surface area (Å²) in [4.78, 5) is 0. The Balaban J connectivity index is 3.27. The fraction of sp³-hybridized carbons (Fsp3) is 0.900. The molecule has 1 heteroatoms. The van der Waals surface area contributed by atoms with Crippen molar-refractivity contribution in [2.45, 2.75) is 58.9 Å². The van der Waals surface area contributed by atoms with Crippen molar-refractivity contribution in [1.29, 1.82) is 0 Å². The molecule has 0 fully saturated rings. The Hall–Kier alpha value is -0.0400. The summed E-state index contributed by atoms with van der Waals surface area (Å²) in [5, 5.41) is 0. The van der Waals surface area contributed by atoms with E-state index in [-0.39, 0.29) is 0 Å². The molecule has 0 saturated heterocycles. The van der Waals surface area contributed by atoms with Gasteiger partial charge in [0.1, 0.15) is 0 Å². The molecule has 11 heavy (non-hydrogen) atoms. The van der Waals surface area contributed by atoms with Gasteiger partial charge in [0.25, 0.3) is 0 Å². The normalized spacial score (nSPS) is 13.9. The van der Waals surface area contributed by atoms with Gasteiger partial charge < -0.3 is 5.73 Å². The van der Waals surface area contributed by atoms with Crippen LogP contribution in [0, 0.1) is 5.92 Å². The lowest BCUT2D eigenvalue weighted by Crippen LogP contribution is -2.21. The Kier molecular flexibility index (Phi) is 6.63. The minimum absolute atomic E-state index is 0.412. The number of hydrogen-bond acceptors (Lipinski definition) is 1. The maximum atomic E-state index is 5.92. The van der Waals surface area contributed by atoms with E-state index in [1.54, 1.807) is 0 Å². The zero-order valence-electron chi connectivity index (χ0n) is 8.19.